The number of nitrogens with zero attached hydrogens (tertiary/aromatic N) is 3. The number of rotatable bonds is 7. The molecule has 0 fully saturated rings. The molecule has 0 saturated heterocycles. The van der Waals surface area contributed by atoms with Crippen LogP contribution in [0.4, 0.5) is 11.4 Å². The van der Waals surface area contributed by atoms with Crippen LogP contribution in [0.2, 0.25) is 0 Å². The molecule has 0 unspecified atom stereocenters. The summed E-state index contributed by atoms with van der Waals surface area (Å²) in [4.78, 5) is 14.7. The summed E-state index contributed by atoms with van der Waals surface area (Å²) in [6.45, 7) is 4.82. The van der Waals surface area contributed by atoms with Gasteiger partial charge in [-0.05, 0) is 43.5 Å². The van der Waals surface area contributed by atoms with Gasteiger partial charge in [0, 0.05) is 32.8 Å². The number of benzene rings is 2. The number of hydrogen-bond acceptors (Lipinski definition) is 3. The maximum absolute atomic E-state index is 12.6. The Hall–Kier alpha value is -3.08. The minimum absolute atomic E-state index is 0.0169. The van der Waals surface area contributed by atoms with Gasteiger partial charge in [0.2, 0.25) is 5.91 Å². The number of carbonyl (C=O) groups excluding carboxylic acids is 1. The molecular weight excluding hydrogens is 348 g/mol. The smallest absolute Gasteiger partial charge is 0.224 e. The van der Waals surface area contributed by atoms with Crippen molar-refractivity contribution in [1.29, 1.82) is 0 Å². The minimum Gasteiger partial charge on any atom is -0.369 e. The molecule has 2 aromatic carbocycles. The molecule has 0 atom stereocenters. The Morgan fingerprint density at radius 2 is 1.75 bits per heavy atom. The van der Waals surface area contributed by atoms with Crippen LogP contribution < -0.4 is 10.2 Å². The van der Waals surface area contributed by atoms with E-state index in [2.05, 4.69) is 27.4 Å². The Morgan fingerprint density at radius 3 is 2.43 bits per heavy atom. The Labute approximate surface area is 167 Å². The van der Waals surface area contributed by atoms with Crippen molar-refractivity contribution >= 4 is 17.3 Å². The molecule has 1 N–H and O–H groups in total. The van der Waals surface area contributed by atoms with Crippen LogP contribution in [0.1, 0.15) is 28.9 Å². The highest BCUT2D eigenvalue weighted by Crippen LogP contribution is 2.26. The molecule has 146 valence electrons. The average Bonchev–Trinajstić information content (AvgIpc) is 2.93. The molecule has 3 rings (SSSR count). The standard InChI is InChI=1S/C23H28N4O/c1-17-20(18(2)27(4)25-17)14-15-23(28)24-21-12-8-9-13-22(21)26(3)16-19-10-6-5-7-11-19/h5-13H,14-16H2,1-4H3,(H,24,28). The topological polar surface area (TPSA) is 50.2 Å². The van der Waals surface area contributed by atoms with E-state index in [0.29, 0.717) is 12.8 Å². The van der Waals surface area contributed by atoms with Gasteiger partial charge in [0.1, 0.15) is 0 Å². The SMILES string of the molecule is Cc1nn(C)c(C)c1CCC(=O)Nc1ccccc1N(C)Cc1ccccc1. The molecule has 5 heteroatoms. The number of nitrogens with one attached hydrogen (secondary N) is 1. The zero-order valence-corrected chi connectivity index (χ0v) is 17.1. The number of anilines is 2. The first-order chi connectivity index (χ1) is 13.5. The molecule has 5 nitrogen and oxygen atoms in total. The number of hydrogen-bond donors (Lipinski definition) is 1. The number of aryl methyl sites for hydroxylation is 2. The van der Waals surface area contributed by atoms with Crippen LogP contribution in [0.15, 0.2) is 54.6 Å². The van der Waals surface area contributed by atoms with Crippen molar-refractivity contribution in [3.05, 3.63) is 77.1 Å². The van der Waals surface area contributed by atoms with Gasteiger partial charge >= 0.3 is 0 Å². The molecular formula is C23H28N4O. The van der Waals surface area contributed by atoms with Gasteiger partial charge < -0.3 is 10.2 Å². The molecule has 1 amide bonds. The van der Waals surface area contributed by atoms with Gasteiger partial charge in [-0.25, -0.2) is 0 Å². The van der Waals surface area contributed by atoms with Crippen LogP contribution in [0.25, 0.3) is 0 Å². The lowest BCUT2D eigenvalue weighted by Crippen LogP contribution is -2.20. The van der Waals surface area contributed by atoms with Crippen LogP contribution in [-0.2, 0) is 24.8 Å². The number of amides is 1. The lowest BCUT2D eigenvalue weighted by Gasteiger charge is -2.23. The number of para-hydroxylation sites is 2. The number of carbonyl (C=O) groups is 1. The largest absolute Gasteiger partial charge is 0.369 e. The van der Waals surface area contributed by atoms with Gasteiger partial charge in [0.05, 0.1) is 17.1 Å². The first-order valence-corrected chi connectivity index (χ1v) is 9.58. The normalized spacial score (nSPS) is 10.7. The second-order valence-electron chi connectivity index (χ2n) is 7.18. The average molecular weight is 377 g/mol. The summed E-state index contributed by atoms with van der Waals surface area (Å²) in [6.07, 6.45) is 1.13. The Balaban J connectivity index is 1.66. The first kappa shape index (κ1) is 19.7. The second-order valence-corrected chi connectivity index (χ2v) is 7.18. The Kier molecular flexibility index (Phi) is 6.14. The summed E-state index contributed by atoms with van der Waals surface area (Å²) in [5, 5.41) is 7.51. The van der Waals surface area contributed by atoms with Gasteiger partial charge in [-0.3, -0.25) is 9.48 Å². The van der Waals surface area contributed by atoms with E-state index in [1.165, 1.54) is 5.56 Å². The van der Waals surface area contributed by atoms with Crippen LogP contribution in [0.5, 0.6) is 0 Å². The van der Waals surface area contributed by atoms with Crippen molar-refractivity contribution in [2.45, 2.75) is 33.2 Å². The monoisotopic (exact) mass is 376 g/mol. The van der Waals surface area contributed by atoms with Gasteiger partial charge in [0.15, 0.2) is 0 Å². The lowest BCUT2D eigenvalue weighted by molar-refractivity contribution is -0.116. The molecule has 1 heterocycles. The molecule has 0 spiro atoms. The first-order valence-electron chi connectivity index (χ1n) is 9.58. The van der Waals surface area contributed by atoms with E-state index in [-0.39, 0.29) is 5.91 Å². The van der Waals surface area contributed by atoms with Crippen LogP contribution in [0.3, 0.4) is 0 Å². The van der Waals surface area contributed by atoms with E-state index in [1.807, 2.05) is 75.1 Å². The molecule has 0 aliphatic rings. The van der Waals surface area contributed by atoms with E-state index in [4.69, 9.17) is 0 Å². The Bertz CT molecular complexity index is 946. The highest BCUT2D eigenvalue weighted by molar-refractivity contribution is 5.94. The molecule has 0 radical (unpaired) electrons. The fourth-order valence-corrected chi connectivity index (χ4v) is 3.49. The molecule has 1 aromatic heterocycles. The second kappa shape index (κ2) is 8.74. The third kappa shape index (κ3) is 4.60. The third-order valence-corrected chi connectivity index (χ3v) is 5.11. The highest BCUT2D eigenvalue weighted by atomic mass is 16.1. The Morgan fingerprint density at radius 1 is 1.07 bits per heavy atom. The highest BCUT2D eigenvalue weighted by Gasteiger charge is 2.13. The molecule has 3 aromatic rings. The van der Waals surface area contributed by atoms with Gasteiger partial charge in [-0.1, -0.05) is 42.5 Å². The molecule has 0 aliphatic carbocycles. The predicted octanol–water partition coefficient (Wildman–Crippen LogP) is 4.24. The minimum atomic E-state index is 0.0169. The summed E-state index contributed by atoms with van der Waals surface area (Å²) in [5.74, 6) is 0.0169. The van der Waals surface area contributed by atoms with Crippen molar-refractivity contribution in [3.63, 3.8) is 0 Å². The van der Waals surface area contributed by atoms with Crippen LogP contribution in [0, 0.1) is 13.8 Å². The summed E-state index contributed by atoms with van der Waals surface area (Å²) >= 11 is 0. The van der Waals surface area contributed by atoms with E-state index >= 15 is 0 Å². The summed E-state index contributed by atoms with van der Waals surface area (Å²) in [5.41, 5.74) is 6.35. The molecule has 28 heavy (non-hydrogen) atoms. The number of aromatic nitrogens is 2. The third-order valence-electron chi connectivity index (χ3n) is 5.11. The summed E-state index contributed by atoms with van der Waals surface area (Å²) < 4.78 is 1.87. The zero-order valence-electron chi connectivity index (χ0n) is 17.1. The van der Waals surface area contributed by atoms with Crippen LogP contribution in [-0.4, -0.2) is 22.7 Å². The fraction of sp³-hybridized carbons (Fsp3) is 0.304. The van der Waals surface area contributed by atoms with Crippen molar-refractivity contribution < 1.29 is 4.79 Å². The lowest BCUT2D eigenvalue weighted by atomic mass is 10.1. The maximum atomic E-state index is 12.6. The maximum Gasteiger partial charge on any atom is 0.224 e. The van der Waals surface area contributed by atoms with Crippen molar-refractivity contribution in [2.75, 3.05) is 17.3 Å². The van der Waals surface area contributed by atoms with E-state index in [0.717, 1.165) is 34.9 Å². The van der Waals surface area contributed by atoms with E-state index in [9.17, 15) is 4.79 Å². The van der Waals surface area contributed by atoms with Gasteiger partial charge in [-0.2, -0.15) is 5.10 Å². The van der Waals surface area contributed by atoms with Crippen molar-refractivity contribution in [3.8, 4) is 0 Å². The van der Waals surface area contributed by atoms with Crippen LogP contribution >= 0.6 is 0 Å². The molecule has 0 bridgehead atoms. The van der Waals surface area contributed by atoms with Gasteiger partial charge in [0.25, 0.3) is 0 Å². The summed E-state index contributed by atoms with van der Waals surface area (Å²) in [6, 6.07) is 18.2. The molecule has 0 aliphatic heterocycles. The van der Waals surface area contributed by atoms with Crippen molar-refractivity contribution in [2.24, 2.45) is 7.05 Å². The predicted molar refractivity (Wildman–Crippen MR) is 115 cm³/mol. The summed E-state index contributed by atoms with van der Waals surface area (Å²) in [7, 11) is 3.98. The molecule has 0 saturated carbocycles. The quantitative estimate of drug-likeness (QED) is 0.671. The van der Waals surface area contributed by atoms with Gasteiger partial charge in [-0.15, -0.1) is 0 Å². The van der Waals surface area contributed by atoms with Crippen molar-refractivity contribution in [1.82, 2.24) is 9.78 Å². The fourth-order valence-electron chi connectivity index (χ4n) is 3.49. The zero-order chi connectivity index (χ0) is 20.1. The van der Waals surface area contributed by atoms with E-state index < -0.39 is 0 Å². The van der Waals surface area contributed by atoms with E-state index in [1.54, 1.807) is 0 Å².